The van der Waals surface area contributed by atoms with Gasteiger partial charge in [0.2, 0.25) is 0 Å². The molecule has 0 saturated carbocycles. The van der Waals surface area contributed by atoms with Gasteiger partial charge in [0, 0.05) is 23.4 Å². The Bertz CT molecular complexity index is 1030. The molecule has 0 bridgehead atoms. The summed E-state index contributed by atoms with van der Waals surface area (Å²) < 4.78 is 15.5. The molecule has 152 valence electrons. The quantitative estimate of drug-likeness (QED) is 0.535. The zero-order valence-corrected chi connectivity index (χ0v) is 17.8. The van der Waals surface area contributed by atoms with Gasteiger partial charge in [-0.1, -0.05) is 23.7 Å². The summed E-state index contributed by atoms with van der Waals surface area (Å²) in [5.74, 6) is -0.0141. The maximum atomic E-state index is 13.5. The van der Waals surface area contributed by atoms with Crippen LogP contribution >= 0.6 is 22.9 Å². The molecule has 2 aromatic heterocycles. The highest BCUT2D eigenvalue weighted by atomic mass is 35.5. The molecule has 7 heteroatoms. The molecule has 4 rings (SSSR count). The van der Waals surface area contributed by atoms with Crippen molar-refractivity contribution in [1.29, 1.82) is 0 Å². The maximum Gasteiger partial charge on any atom is 0.173 e. The first-order chi connectivity index (χ1) is 14.0. The van der Waals surface area contributed by atoms with Gasteiger partial charge in [0.05, 0.1) is 21.8 Å². The number of benzene rings is 1. The van der Waals surface area contributed by atoms with E-state index in [0.29, 0.717) is 24.4 Å². The van der Waals surface area contributed by atoms with E-state index >= 15 is 0 Å². The Balaban J connectivity index is 1.55. The molecule has 0 radical (unpaired) electrons. The van der Waals surface area contributed by atoms with E-state index in [-0.39, 0.29) is 17.5 Å². The van der Waals surface area contributed by atoms with Crippen LogP contribution in [0.5, 0.6) is 0 Å². The molecule has 0 fully saturated rings. The summed E-state index contributed by atoms with van der Waals surface area (Å²) in [5, 5.41) is 8.15. The topological polar surface area (TPSA) is 46.9 Å². The van der Waals surface area contributed by atoms with Crippen LogP contribution in [0.25, 0.3) is 11.3 Å². The van der Waals surface area contributed by atoms with E-state index in [9.17, 15) is 9.18 Å². The second kappa shape index (κ2) is 8.78. The van der Waals surface area contributed by atoms with E-state index in [0.717, 1.165) is 41.1 Å². The highest BCUT2D eigenvalue weighted by molar-refractivity contribution is 7.14. The van der Waals surface area contributed by atoms with Gasteiger partial charge in [0.15, 0.2) is 5.78 Å². The van der Waals surface area contributed by atoms with E-state index in [4.69, 9.17) is 11.6 Å². The number of Topliss-reactive ketones (excluding diaryl/α,β-unsaturated/α-hetero) is 1. The third kappa shape index (κ3) is 4.44. The first-order valence-electron chi connectivity index (χ1n) is 9.81. The van der Waals surface area contributed by atoms with Crippen molar-refractivity contribution in [3.8, 4) is 11.3 Å². The second-order valence-electron chi connectivity index (χ2n) is 7.50. The molecule has 1 aliphatic rings. The fraction of sp³-hybridized carbons (Fsp3) is 0.364. The number of hydrogen-bond acceptors (Lipinski definition) is 4. The van der Waals surface area contributed by atoms with E-state index in [2.05, 4.69) is 10.4 Å². The van der Waals surface area contributed by atoms with Crippen LogP contribution in [-0.4, -0.2) is 29.2 Å². The fourth-order valence-electron chi connectivity index (χ4n) is 4.01. The Hall–Kier alpha value is -2.02. The molecule has 1 N–H and O–H groups in total. The lowest BCUT2D eigenvalue weighted by molar-refractivity contribution is 0.0965. The molecule has 3 aromatic rings. The maximum absolute atomic E-state index is 13.5. The van der Waals surface area contributed by atoms with Crippen LogP contribution in [0.4, 0.5) is 4.39 Å². The molecular weight excluding hydrogens is 409 g/mol. The predicted octanol–water partition coefficient (Wildman–Crippen LogP) is 5.00. The molecule has 3 heterocycles. The van der Waals surface area contributed by atoms with E-state index in [1.165, 1.54) is 10.9 Å². The normalized spacial score (nSPS) is 14.2. The highest BCUT2D eigenvalue weighted by Gasteiger charge is 2.24. The van der Waals surface area contributed by atoms with Crippen LogP contribution in [0.1, 0.15) is 33.0 Å². The monoisotopic (exact) mass is 431 g/mol. The van der Waals surface area contributed by atoms with Crippen molar-refractivity contribution in [1.82, 2.24) is 15.1 Å². The Kier molecular flexibility index (Phi) is 6.13. The summed E-state index contributed by atoms with van der Waals surface area (Å²) in [6, 6.07) is 8.59. The number of carbonyl (C=O) groups excluding carboxylic acids is 1. The number of carbonyl (C=O) groups is 1. The number of aryl methyl sites for hydroxylation is 2. The van der Waals surface area contributed by atoms with Gasteiger partial charge in [-0.25, -0.2) is 4.39 Å². The zero-order chi connectivity index (χ0) is 20.4. The number of halogens is 2. The predicted molar refractivity (Wildman–Crippen MR) is 115 cm³/mol. The largest absolute Gasteiger partial charge is 0.319 e. The average molecular weight is 432 g/mol. The first kappa shape index (κ1) is 20.3. The SMILES string of the molecule is CNC[C@@H](CC(=O)c1cc2c(s1)CCCn1ncc(Cl)c1-2)Cc1cccc(F)c1. The molecule has 0 amide bonds. The number of rotatable bonds is 7. The lowest BCUT2D eigenvalue weighted by Crippen LogP contribution is -2.23. The van der Waals surface area contributed by atoms with Gasteiger partial charge in [-0.3, -0.25) is 9.48 Å². The van der Waals surface area contributed by atoms with Crippen molar-refractivity contribution in [3.05, 3.63) is 62.7 Å². The van der Waals surface area contributed by atoms with Crippen molar-refractivity contribution < 1.29 is 9.18 Å². The van der Waals surface area contributed by atoms with Crippen molar-refractivity contribution in [2.75, 3.05) is 13.6 Å². The molecule has 0 aliphatic carbocycles. The van der Waals surface area contributed by atoms with Gasteiger partial charge >= 0.3 is 0 Å². The molecule has 1 aromatic carbocycles. The Labute approximate surface area is 178 Å². The number of fused-ring (bicyclic) bond motifs is 3. The fourth-order valence-corrected chi connectivity index (χ4v) is 5.40. The van der Waals surface area contributed by atoms with Crippen molar-refractivity contribution in [3.63, 3.8) is 0 Å². The average Bonchev–Trinajstić information content (AvgIpc) is 3.21. The van der Waals surface area contributed by atoms with Gasteiger partial charge in [-0.05, 0) is 62.5 Å². The number of nitrogens with zero attached hydrogens (tertiary/aromatic N) is 2. The van der Waals surface area contributed by atoms with E-state index in [1.54, 1.807) is 29.7 Å². The molecule has 1 aliphatic heterocycles. The lowest BCUT2D eigenvalue weighted by Gasteiger charge is -2.15. The second-order valence-corrected chi connectivity index (χ2v) is 9.04. The van der Waals surface area contributed by atoms with Crippen LogP contribution in [0, 0.1) is 11.7 Å². The standard InChI is InChI=1S/C22H23ClFN3OS/c1-25-12-15(8-14-4-2-5-16(24)9-14)10-19(28)21-11-17-20(29-21)6-3-7-27-22(17)18(23)13-26-27/h2,4-5,9,11,13,15,25H,3,6-8,10,12H2,1H3/t15-/m1/s1. The first-order valence-corrected chi connectivity index (χ1v) is 11.0. The Morgan fingerprint density at radius 3 is 3.07 bits per heavy atom. The molecule has 1 atom stereocenters. The van der Waals surface area contributed by atoms with Gasteiger partial charge in [0.25, 0.3) is 0 Å². The molecule has 29 heavy (non-hydrogen) atoms. The third-order valence-electron chi connectivity index (χ3n) is 5.29. The van der Waals surface area contributed by atoms with Gasteiger partial charge in [-0.15, -0.1) is 11.3 Å². The van der Waals surface area contributed by atoms with Crippen LogP contribution < -0.4 is 5.32 Å². The number of ketones is 1. The van der Waals surface area contributed by atoms with E-state index < -0.39 is 0 Å². The smallest absolute Gasteiger partial charge is 0.173 e. The molecular formula is C22H23ClFN3OS. The molecule has 0 spiro atoms. The summed E-state index contributed by atoms with van der Waals surface area (Å²) in [6.45, 7) is 1.54. The third-order valence-corrected chi connectivity index (χ3v) is 6.80. The summed E-state index contributed by atoms with van der Waals surface area (Å²) in [4.78, 5) is 15.0. The zero-order valence-electron chi connectivity index (χ0n) is 16.3. The minimum Gasteiger partial charge on any atom is -0.319 e. The molecule has 0 saturated heterocycles. The minimum absolute atomic E-state index is 0.102. The Morgan fingerprint density at radius 1 is 1.41 bits per heavy atom. The number of thiophene rings is 1. The van der Waals surface area contributed by atoms with Crippen LogP contribution in [-0.2, 0) is 19.4 Å². The van der Waals surface area contributed by atoms with Gasteiger partial charge < -0.3 is 5.32 Å². The van der Waals surface area contributed by atoms with Crippen LogP contribution in [0.2, 0.25) is 5.02 Å². The minimum atomic E-state index is -0.243. The Morgan fingerprint density at radius 2 is 2.28 bits per heavy atom. The summed E-state index contributed by atoms with van der Waals surface area (Å²) in [6.07, 6.45) is 4.66. The van der Waals surface area contributed by atoms with E-state index in [1.807, 2.05) is 23.9 Å². The summed E-state index contributed by atoms with van der Waals surface area (Å²) in [5.41, 5.74) is 2.87. The van der Waals surface area contributed by atoms with Crippen molar-refractivity contribution >= 4 is 28.7 Å². The van der Waals surface area contributed by atoms with Crippen LogP contribution in [0.15, 0.2) is 36.5 Å². The van der Waals surface area contributed by atoms with Crippen molar-refractivity contribution in [2.24, 2.45) is 5.92 Å². The van der Waals surface area contributed by atoms with Gasteiger partial charge in [-0.2, -0.15) is 5.10 Å². The lowest BCUT2D eigenvalue weighted by atomic mass is 9.93. The summed E-state index contributed by atoms with van der Waals surface area (Å²) in [7, 11) is 1.87. The number of aromatic nitrogens is 2. The number of hydrogen-bond donors (Lipinski definition) is 1. The number of nitrogens with one attached hydrogen (secondary N) is 1. The summed E-state index contributed by atoms with van der Waals surface area (Å²) >= 11 is 7.94. The molecule has 4 nitrogen and oxygen atoms in total. The molecule has 0 unspecified atom stereocenters. The van der Waals surface area contributed by atoms with Crippen molar-refractivity contribution in [2.45, 2.75) is 32.2 Å². The van der Waals surface area contributed by atoms with Gasteiger partial charge in [0.1, 0.15) is 5.82 Å². The van der Waals surface area contributed by atoms with Crippen LogP contribution in [0.3, 0.4) is 0 Å². The highest BCUT2D eigenvalue weighted by Crippen LogP contribution is 2.39.